The highest BCUT2D eigenvalue weighted by Gasteiger charge is 2.46. The van der Waals surface area contributed by atoms with E-state index in [2.05, 4.69) is 15.1 Å². The first-order chi connectivity index (χ1) is 14.0. The van der Waals surface area contributed by atoms with Crippen LogP contribution in [0.3, 0.4) is 0 Å². The molecule has 2 N–H and O–H groups in total. The van der Waals surface area contributed by atoms with Crippen LogP contribution in [-0.4, -0.2) is 71.6 Å². The Morgan fingerprint density at radius 3 is 2.83 bits per heavy atom. The summed E-state index contributed by atoms with van der Waals surface area (Å²) in [4.78, 5) is 28.5. The van der Waals surface area contributed by atoms with Crippen LogP contribution in [0.5, 0.6) is 0 Å². The Morgan fingerprint density at radius 2 is 2.03 bits per heavy atom. The minimum absolute atomic E-state index is 0.175. The van der Waals surface area contributed by atoms with Gasteiger partial charge in [-0.05, 0) is 55.8 Å². The molecular formula is C22H30FN3O3. The zero-order valence-electron chi connectivity index (χ0n) is 16.7. The lowest BCUT2D eigenvalue weighted by molar-refractivity contribution is -0.138. The average molecular weight is 403 g/mol. The SMILES string of the molecule is O=C(O)CCN1C[C@H]2C[C@@H](C1)[C@H](CNC(=O)c1cccc(F)c1)N1CCCC[C@@H]21. The molecule has 3 aliphatic heterocycles. The fourth-order valence-corrected chi connectivity index (χ4v) is 5.65. The maximum Gasteiger partial charge on any atom is 0.304 e. The predicted octanol–water partition coefficient (Wildman–Crippen LogP) is 2.21. The topological polar surface area (TPSA) is 72.9 Å². The highest BCUT2D eigenvalue weighted by atomic mass is 19.1. The molecule has 29 heavy (non-hydrogen) atoms. The van der Waals surface area contributed by atoms with Gasteiger partial charge in [-0.25, -0.2) is 4.39 Å². The predicted molar refractivity (Wildman–Crippen MR) is 107 cm³/mol. The summed E-state index contributed by atoms with van der Waals surface area (Å²) >= 11 is 0. The van der Waals surface area contributed by atoms with Crippen molar-refractivity contribution in [2.45, 2.75) is 44.2 Å². The monoisotopic (exact) mass is 403 g/mol. The quantitative estimate of drug-likeness (QED) is 0.762. The molecule has 2 bridgehead atoms. The number of benzene rings is 1. The van der Waals surface area contributed by atoms with Gasteiger partial charge < -0.3 is 15.3 Å². The molecule has 1 amide bonds. The Morgan fingerprint density at radius 1 is 1.21 bits per heavy atom. The summed E-state index contributed by atoms with van der Waals surface area (Å²) in [5.41, 5.74) is 0.348. The molecule has 3 heterocycles. The molecule has 6 nitrogen and oxygen atoms in total. The molecule has 158 valence electrons. The van der Waals surface area contributed by atoms with Gasteiger partial charge in [0.1, 0.15) is 5.82 Å². The third-order valence-corrected chi connectivity index (χ3v) is 6.90. The molecule has 4 rings (SSSR count). The smallest absolute Gasteiger partial charge is 0.304 e. The number of carbonyl (C=O) groups is 2. The van der Waals surface area contributed by atoms with E-state index in [-0.39, 0.29) is 18.4 Å². The van der Waals surface area contributed by atoms with Gasteiger partial charge in [0.15, 0.2) is 0 Å². The summed E-state index contributed by atoms with van der Waals surface area (Å²) in [5.74, 6) is -0.393. The molecule has 0 spiro atoms. The summed E-state index contributed by atoms with van der Waals surface area (Å²) < 4.78 is 13.4. The molecule has 0 saturated carbocycles. The zero-order chi connectivity index (χ0) is 20.4. The Balaban J connectivity index is 1.45. The molecule has 0 aliphatic carbocycles. The summed E-state index contributed by atoms with van der Waals surface area (Å²) in [6, 6.07) is 6.56. The van der Waals surface area contributed by atoms with E-state index in [0.717, 1.165) is 26.1 Å². The molecule has 0 unspecified atom stereocenters. The van der Waals surface area contributed by atoms with Gasteiger partial charge in [0, 0.05) is 43.8 Å². The molecule has 0 radical (unpaired) electrons. The number of fused-ring (bicyclic) bond motifs is 4. The summed E-state index contributed by atoms with van der Waals surface area (Å²) in [7, 11) is 0. The Bertz CT molecular complexity index is 759. The molecule has 4 atom stereocenters. The Labute approximate surface area is 171 Å². The molecule has 1 aromatic rings. The van der Waals surface area contributed by atoms with Crippen molar-refractivity contribution in [3.05, 3.63) is 35.6 Å². The first-order valence-corrected chi connectivity index (χ1v) is 10.7. The van der Waals surface area contributed by atoms with Crippen molar-refractivity contribution in [1.29, 1.82) is 0 Å². The second-order valence-corrected chi connectivity index (χ2v) is 8.75. The number of carbonyl (C=O) groups excluding carboxylic acids is 1. The third-order valence-electron chi connectivity index (χ3n) is 6.90. The van der Waals surface area contributed by atoms with E-state index >= 15 is 0 Å². The summed E-state index contributed by atoms with van der Waals surface area (Å²) in [6.07, 6.45) is 4.92. The normalized spacial score (nSPS) is 29.8. The van der Waals surface area contributed by atoms with E-state index in [1.165, 1.54) is 31.4 Å². The van der Waals surface area contributed by atoms with Crippen LogP contribution in [0.4, 0.5) is 4.39 Å². The van der Waals surface area contributed by atoms with Crippen LogP contribution < -0.4 is 5.32 Å². The van der Waals surface area contributed by atoms with Crippen molar-refractivity contribution >= 4 is 11.9 Å². The van der Waals surface area contributed by atoms with Gasteiger partial charge in [0.2, 0.25) is 0 Å². The number of carboxylic acid groups (broad SMARTS) is 1. The molecule has 3 saturated heterocycles. The van der Waals surface area contributed by atoms with Crippen molar-refractivity contribution in [2.75, 3.05) is 32.7 Å². The summed E-state index contributed by atoms with van der Waals surface area (Å²) in [5, 5.41) is 12.1. The Kier molecular flexibility index (Phi) is 6.15. The number of hydrogen-bond acceptors (Lipinski definition) is 4. The molecule has 3 aliphatic rings. The highest BCUT2D eigenvalue weighted by Crippen LogP contribution is 2.41. The van der Waals surface area contributed by atoms with E-state index in [1.54, 1.807) is 12.1 Å². The van der Waals surface area contributed by atoms with Gasteiger partial charge in [0.05, 0.1) is 6.42 Å². The maximum atomic E-state index is 13.4. The van der Waals surface area contributed by atoms with Crippen molar-refractivity contribution < 1.29 is 19.1 Å². The van der Waals surface area contributed by atoms with Gasteiger partial charge >= 0.3 is 5.97 Å². The number of nitrogens with one attached hydrogen (secondary N) is 1. The number of halogens is 1. The van der Waals surface area contributed by atoms with Gasteiger partial charge in [0.25, 0.3) is 5.91 Å². The van der Waals surface area contributed by atoms with Gasteiger partial charge in [-0.1, -0.05) is 12.5 Å². The first-order valence-electron chi connectivity index (χ1n) is 10.7. The minimum Gasteiger partial charge on any atom is -0.481 e. The lowest BCUT2D eigenvalue weighted by atomic mass is 9.72. The highest BCUT2D eigenvalue weighted by molar-refractivity contribution is 5.94. The van der Waals surface area contributed by atoms with Gasteiger partial charge in [-0.15, -0.1) is 0 Å². The minimum atomic E-state index is -0.751. The lowest BCUT2D eigenvalue weighted by Crippen LogP contribution is -2.65. The number of hydrogen-bond donors (Lipinski definition) is 2. The van der Waals surface area contributed by atoms with Crippen molar-refractivity contribution in [2.24, 2.45) is 11.8 Å². The van der Waals surface area contributed by atoms with Crippen molar-refractivity contribution in [3.8, 4) is 0 Å². The van der Waals surface area contributed by atoms with Crippen LogP contribution in [0.1, 0.15) is 42.5 Å². The molecule has 1 aromatic carbocycles. The second-order valence-electron chi connectivity index (χ2n) is 8.75. The first kappa shape index (κ1) is 20.3. The number of piperidine rings is 3. The van der Waals surface area contributed by atoms with E-state index in [1.807, 2.05) is 0 Å². The van der Waals surface area contributed by atoms with Crippen LogP contribution in [0.15, 0.2) is 24.3 Å². The standard InChI is InChI=1S/C22H30FN3O3/c23-18-5-3-4-15(11-18)22(29)24-12-20-17-10-16(19-6-1-2-8-26(19)20)13-25(14-17)9-7-21(27)28/h3-5,11,16-17,19-20H,1-2,6-10,12-14H2,(H,24,29)(H,27,28)/t16-,17+,19+,20+/m1/s1. The van der Waals surface area contributed by atoms with Gasteiger partial charge in [-0.2, -0.15) is 0 Å². The molecule has 3 fully saturated rings. The Hall–Kier alpha value is -1.99. The molecular weight excluding hydrogens is 373 g/mol. The number of amides is 1. The number of aliphatic carboxylic acids is 1. The maximum absolute atomic E-state index is 13.4. The second kappa shape index (κ2) is 8.79. The van der Waals surface area contributed by atoms with E-state index in [4.69, 9.17) is 5.11 Å². The van der Waals surface area contributed by atoms with Crippen molar-refractivity contribution in [3.63, 3.8) is 0 Å². The number of likely N-dealkylation sites (tertiary alicyclic amines) is 1. The lowest BCUT2D eigenvalue weighted by Gasteiger charge is -2.57. The van der Waals surface area contributed by atoms with Crippen LogP contribution >= 0.6 is 0 Å². The van der Waals surface area contributed by atoms with E-state index in [0.29, 0.717) is 36.5 Å². The van der Waals surface area contributed by atoms with E-state index in [9.17, 15) is 14.0 Å². The van der Waals surface area contributed by atoms with Crippen LogP contribution in [-0.2, 0) is 4.79 Å². The molecule has 0 aromatic heterocycles. The van der Waals surface area contributed by atoms with Crippen LogP contribution in [0.25, 0.3) is 0 Å². The fraction of sp³-hybridized carbons (Fsp3) is 0.636. The molecule has 7 heteroatoms. The average Bonchev–Trinajstić information content (AvgIpc) is 2.72. The number of rotatable bonds is 6. The zero-order valence-corrected chi connectivity index (χ0v) is 16.7. The van der Waals surface area contributed by atoms with E-state index < -0.39 is 11.8 Å². The van der Waals surface area contributed by atoms with Gasteiger partial charge in [-0.3, -0.25) is 14.5 Å². The van der Waals surface area contributed by atoms with Crippen LogP contribution in [0.2, 0.25) is 0 Å². The third kappa shape index (κ3) is 4.61. The fourth-order valence-electron chi connectivity index (χ4n) is 5.65. The number of carboxylic acids is 1. The number of nitrogens with zero attached hydrogens (tertiary/aromatic N) is 2. The van der Waals surface area contributed by atoms with Crippen LogP contribution in [0, 0.1) is 17.7 Å². The largest absolute Gasteiger partial charge is 0.481 e. The summed E-state index contributed by atoms with van der Waals surface area (Å²) in [6.45, 7) is 4.07. The van der Waals surface area contributed by atoms with Crippen molar-refractivity contribution in [1.82, 2.24) is 15.1 Å².